The van der Waals surface area contributed by atoms with Gasteiger partial charge in [-0.1, -0.05) is 36.9 Å². The molecule has 0 radical (unpaired) electrons. The van der Waals surface area contributed by atoms with Gasteiger partial charge in [0.2, 0.25) is 5.91 Å². The predicted octanol–water partition coefficient (Wildman–Crippen LogP) is 4.56. The number of piperazine rings is 1. The zero-order valence-corrected chi connectivity index (χ0v) is 16.8. The number of nitrogens with zero attached hydrogens (tertiary/aromatic N) is 1. The third-order valence-electron chi connectivity index (χ3n) is 5.13. The van der Waals surface area contributed by atoms with E-state index in [4.69, 9.17) is 11.6 Å². The zero-order chi connectivity index (χ0) is 22.3. The van der Waals surface area contributed by atoms with E-state index < -0.39 is 35.4 Å². The van der Waals surface area contributed by atoms with Crippen LogP contribution in [-0.2, 0) is 4.79 Å². The van der Waals surface area contributed by atoms with Crippen molar-refractivity contribution in [1.29, 1.82) is 0 Å². The molecule has 1 aliphatic carbocycles. The summed E-state index contributed by atoms with van der Waals surface area (Å²) in [5.41, 5.74) is 0.193. The molecular weight excluding hydrogens is 433 g/mol. The van der Waals surface area contributed by atoms with Crippen molar-refractivity contribution in [2.45, 2.75) is 44.8 Å². The molecule has 1 saturated heterocycles. The molecule has 0 spiro atoms. The van der Waals surface area contributed by atoms with Crippen LogP contribution in [0.1, 0.15) is 43.7 Å². The summed E-state index contributed by atoms with van der Waals surface area (Å²) in [6.45, 7) is -2.92. The quantitative estimate of drug-likeness (QED) is 0.518. The monoisotopic (exact) mass is 455 g/mol. The maximum atomic E-state index is 14.6. The van der Waals surface area contributed by atoms with Crippen LogP contribution in [-0.4, -0.2) is 43.2 Å². The van der Waals surface area contributed by atoms with E-state index in [2.05, 4.69) is 10.6 Å². The molecule has 2 N–H and O–H groups in total. The Kier molecular flexibility index (Phi) is 9.13. The van der Waals surface area contributed by atoms with Gasteiger partial charge in [0, 0.05) is 18.7 Å². The van der Waals surface area contributed by atoms with Crippen LogP contribution in [0.15, 0.2) is 12.1 Å². The molecule has 2 fully saturated rings. The Labute approximate surface area is 175 Å². The second-order valence-corrected chi connectivity index (χ2v) is 7.49. The lowest BCUT2D eigenvalue weighted by Gasteiger charge is -2.34. The Morgan fingerprint density at radius 1 is 1.17 bits per heavy atom. The Bertz CT molecular complexity index is 744. The van der Waals surface area contributed by atoms with Gasteiger partial charge in [0.25, 0.3) is 0 Å². The number of hydrogen-bond donors (Lipinski definition) is 2. The van der Waals surface area contributed by atoms with E-state index >= 15 is 0 Å². The van der Waals surface area contributed by atoms with E-state index in [9.17, 15) is 31.5 Å². The zero-order valence-electron chi connectivity index (χ0n) is 16.1. The molecule has 0 aromatic heterocycles. The molecule has 1 heterocycles. The fourth-order valence-electron chi connectivity index (χ4n) is 3.73. The smallest absolute Gasteiger partial charge is 0.353 e. The number of benzene rings is 1. The van der Waals surface area contributed by atoms with Gasteiger partial charge in [0.15, 0.2) is 0 Å². The van der Waals surface area contributed by atoms with Crippen LogP contribution in [0.4, 0.5) is 26.7 Å². The second kappa shape index (κ2) is 11.3. The second-order valence-electron chi connectivity index (χ2n) is 7.11. The van der Waals surface area contributed by atoms with Gasteiger partial charge in [-0.2, -0.15) is 13.2 Å². The summed E-state index contributed by atoms with van der Waals surface area (Å²) < 4.78 is 57.2. The van der Waals surface area contributed by atoms with Gasteiger partial charge in [-0.3, -0.25) is 4.79 Å². The molecule has 11 heteroatoms. The van der Waals surface area contributed by atoms with Crippen molar-refractivity contribution in [3.05, 3.63) is 34.4 Å². The van der Waals surface area contributed by atoms with Crippen molar-refractivity contribution in [3.63, 3.8) is 0 Å². The van der Waals surface area contributed by atoms with Crippen LogP contribution >= 0.6 is 11.6 Å². The predicted molar refractivity (Wildman–Crippen MR) is 101 cm³/mol. The lowest BCUT2D eigenvalue weighted by Crippen LogP contribution is -2.54. The molecule has 1 aromatic rings. The maximum absolute atomic E-state index is 14.6. The first-order chi connectivity index (χ1) is 14.2. The van der Waals surface area contributed by atoms with Crippen LogP contribution in [0, 0.1) is 17.6 Å². The first kappa shape index (κ1) is 24.2. The fourth-order valence-corrected chi connectivity index (χ4v) is 3.91. The van der Waals surface area contributed by atoms with Crippen LogP contribution in [0.2, 0.25) is 5.02 Å². The van der Waals surface area contributed by atoms with Crippen molar-refractivity contribution in [2.24, 2.45) is 5.92 Å². The number of carbonyl (C=O) groups excluding carboxylic acids is 2. The number of amides is 3. The third kappa shape index (κ3) is 6.72. The van der Waals surface area contributed by atoms with Crippen LogP contribution in [0.3, 0.4) is 0 Å². The molecule has 1 aliphatic heterocycles. The molecule has 30 heavy (non-hydrogen) atoms. The van der Waals surface area contributed by atoms with E-state index in [0.29, 0.717) is 13.1 Å². The summed E-state index contributed by atoms with van der Waals surface area (Å²) in [4.78, 5) is 25.6. The molecule has 0 bridgehead atoms. The van der Waals surface area contributed by atoms with Gasteiger partial charge < -0.3 is 15.5 Å². The molecule has 1 aromatic carbocycles. The number of halogens is 6. The number of rotatable bonds is 3. The molecule has 3 rings (SSSR count). The van der Waals surface area contributed by atoms with E-state index in [1.165, 1.54) is 11.0 Å². The minimum absolute atomic E-state index is 0.0319. The van der Waals surface area contributed by atoms with Crippen LogP contribution < -0.4 is 10.6 Å². The number of alkyl halides is 3. The molecule has 5 nitrogen and oxygen atoms in total. The number of nitrogens with one attached hydrogen (secondary N) is 2. The highest BCUT2D eigenvalue weighted by Crippen LogP contribution is 2.37. The van der Waals surface area contributed by atoms with Gasteiger partial charge >= 0.3 is 12.7 Å². The van der Waals surface area contributed by atoms with Crippen molar-refractivity contribution >= 4 is 23.5 Å². The van der Waals surface area contributed by atoms with Gasteiger partial charge in [0.05, 0.1) is 6.04 Å². The average molecular weight is 456 g/mol. The highest BCUT2D eigenvalue weighted by Gasteiger charge is 2.32. The van der Waals surface area contributed by atoms with Gasteiger partial charge in [-0.05, 0) is 24.8 Å². The Hall–Kier alpha value is -2.10. The summed E-state index contributed by atoms with van der Waals surface area (Å²) in [6, 6.07) is 1.44. The van der Waals surface area contributed by atoms with E-state index in [1.807, 2.05) is 0 Å². The highest BCUT2D eigenvalue weighted by atomic mass is 35.5. The van der Waals surface area contributed by atoms with Gasteiger partial charge in [0.1, 0.15) is 23.2 Å². The third-order valence-corrected chi connectivity index (χ3v) is 5.47. The number of hydrogen-bond acceptors (Lipinski definition) is 2. The maximum Gasteiger partial charge on any atom is 0.379 e. The number of urea groups is 1. The first-order valence-corrected chi connectivity index (χ1v) is 9.96. The van der Waals surface area contributed by atoms with E-state index in [0.717, 1.165) is 38.2 Å². The summed E-state index contributed by atoms with van der Waals surface area (Å²) in [5.74, 6) is -1.84. The van der Waals surface area contributed by atoms with Crippen LogP contribution in [0.25, 0.3) is 0 Å². The van der Waals surface area contributed by atoms with E-state index in [-0.39, 0.29) is 23.9 Å². The lowest BCUT2D eigenvalue weighted by molar-refractivity contribution is -0.123. The Morgan fingerprint density at radius 3 is 2.40 bits per heavy atom. The summed E-state index contributed by atoms with van der Waals surface area (Å²) in [7, 11) is 0. The van der Waals surface area contributed by atoms with Crippen molar-refractivity contribution < 1.29 is 31.5 Å². The van der Waals surface area contributed by atoms with Crippen molar-refractivity contribution in [1.82, 2.24) is 15.5 Å². The van der Waals surface area contributed by atoms with Crippen molar-refractivity contribution in [3.8, 4) is 0 Å². The topological polar surface area (TPSA) is 61.4 Å². The molecular formula is C19H23ClF5N3O2. The molecule has 168 valence electrons. The number of carbonyl (C=O) groups is 2. The highest BCUT2D eigenvalue weighted by molar-refractivity contribution is 6.31. The minimum atomic E-state index is -3.67. The fraction of sp³-hybridized carbons (Fsp3) is 0.579. The SMILES string of the molecule is FC(F)F.O=C1CN(C(=O)NC(c2ccc(F)c(Cl)c2F)C2CCCCC2)CCN1. The van der Waals surface area contributed by atoms with Crippen LogP contribution in [0.5, 0.6) is 0 Å². The van der Waals surface area contributed by atoms with Gasteiger partial charge in [-0.25, -0.2) is 13.6 Å². The summed E-state index contributed by atoms with van der Waals surface area (Å²) >= 11 is 5.74. The Balaban J connectivity index is 0.000000735. The molecule has 2 aliphatic rings. The standard InChI is InChI=1S/C18H22ClF2N3O2.CHF3/c19-15-13(20)7-6-12(16(15)21)17(11-4-2-1-3-5-11)23-18(26)24-9-8-22-14(25)10-24;2-1(3)4/h6-7,11,17H,1-5,8-10H2,(H,22,25)(H,23,26);1H. The molecule has 1 atom stereocenters. The minimum Gasteiger partial charge on any atom is -0.353 e. The largest absolute Gasteiger partial charge is 0.379 e. The Morgan fingerprint density at radius 2 is 1.80 bits per heavy atom. The average Bonchev–Trinajstić information content (AvgIpc) is 2.71. The van der Waals surface area contributed by atoms with Crippen molar-refractivity contribution in [2.75, 3.05) is 19.6 Å². The first-order valence-electron chi connectivity index (χ1n) is 9.58. The van der Waals surface area contributed by atoms with E-state index in [1.54, 1.807) is 0 Å². The lowest BCUT2D eigenvalue weighted by atomic mass is 9.81. The summed E-state index contributed by atoms with van der Waals surface area (Å²) in [5, 5.41) is 4.96. The normalized spacial score (nSPS) is 18.4. The van der Waals surface area contributed by atoms with Gasteiger partial charge in [-0.15, -0.1) is 0 Å². The molecule has 1 unspecified atom stereocenters. The summed E-state index contributed by atoms with van der Waals surface area (Å²) in [6.07, 6.45) is 4.80. The molecule has 1 saturated carbocycles. The molecule has 3 amide bonds.